The van der Waals surface area contributed by atoms with E-state index in [0.717, 1.165) is 16.3 Å². The summed E-state index contributed by atoms with van der Waals surface area (Å²) in [6.45, 7) is 1.84. The number of halogens is 1. The highest BCUT2D eigenvalue weighted by atomic mass is 35.5. The van der Waals surface area contributed by atoms with Gasteiger partial charge in [0.15, 0.2) is 0 Å². The van der Waals surface area contributed by atoms with Crippen molar-refractivity contribution in [3.63, 3.8) is 0 Å². The van der Waals surface area contributed by atoms with E-state index in [9.17, 15) is 0 Å². The summed E-state index contributed by atoms with van der Waals surface area (Å²) >= 11 is 8.87. The molecule has 1 rings (SSSR count). The number of nitrogens with zero attached hydrogens (tertiary/aromatic N) is 2. The average Bonchev–Trinajstić information content (AvgIpc) is 2.68. The normalized spacial score (nSPS) is 17.0. The van der Waals surface area contributed by atoms with Crippen LogP contribution in [0.3, 0.4) is 0 Å². The number of nitrogens with two attached hydrogens (primary N) is 2. The minimum absolute atomic E-state index is 0.448. The van der Waals surface area contributed by atoms with Crippen LogP contribution in [0.1, 0.15) is 13.3 Å². The summed E-state index contributed by atoms with van der Waals surface area (Å²) in [5.74, 6) is 0.448. The molecule has 5 nitrogen and oxygen atoms in total. The molecule has 0 aromatic rings. The van der Waals surface area contributed by atoms with Gasteiger partial charge < -0.3 is 16.8 Å². The lowest BCUT2D eigenvalue weighted by Gasteiger charge is -2.09. The second kappa shape index (κ2) is 10.6. The van der Waals surface area contributed by atoms with E-state index in [-0.39, 0.29) is 0 Å². The summed E-state index contributed by atoms with van der Waals surface area (Å²) in [4.78, 5) is 9.34. The molecule has 1 heterocycles. The monoisotopic (exact) mass is 357 g/mol. The number of rotatable bonds is 7. The fourth-order valence-electron chi connectivity index (χ4n) is 1.53. The molecule has 0 unspecified atom stereocenters. The second-order valence-corrected chi connectivity index (χ2v) is 6.29. The van der Waals surface area contributed by atoms with Crippen LogP contribution in [-0.4, -0.2) is 24.7 Å². The predicted octanol–water partition coefficient (Wildman–Crippen LogP) is 3.09. The number of hydrogen-bond donors (Lipinski definition) is 3. The lowest BCUT2D eigenvalue weighted by atomic mass is 10.3. The van der Waals surface area contributed by atoms with Crippen LogP contribution in [0.15, 0.2) is 54.7 Å². The van der Waals surface area contributed by atoms with Crippen molar-refractivity contribution >= 4 is 47.7 Å². The Morgan fingerprint density at radius 3 is 3.00 bits per heavy atom. The third-order valence-electron chi connectivity index (χ3n) is 2.47. The molecule has 0 fully saturated rings. The first-order valence-electron chi connectivity index (χ1n) is 6.49. The van der Waals surface area contributed by atoms with Gasteiger partial charge >= 0.3 is 0 Å². The van der Waals surface area contributed by atoms with Crippen molar-refractivity contribution in [3.8, 4) is 0 Å². The predicted molar refractivity (Wildman–Crippen MR) is 102 cm³/mol. The lowest BCUT2D eigenvalue weighted by Crippen LogP contribution is -2.11. The van der Waals surface area contributed by atoms with Gasteiger partial charge in [-0.25, -0.2) is 9.98 Å². The molecule has 0 spiro atoms. The topological polar surface area (TPSA) is 88.8 Å². The Bertz CT molecular complexity index is 555. The first kappa shape index (κ1) is 18.9. The summed E-state index contributed by atoms with van der Waals surface area (Å²) < 4.78 is 0. The van der Waals surface area contributed by atoms with Gasteiger partial charge in [-0.15, -0.1) is 23.5 Å². The van der Waals surface area contributed by atoms with Crippen LogP contribution in [-0.2, 0) is 0 Å². The van der Waals surface area contributed by atoms with Crippen LogP contribution >= 0.6 is 35.1 Å². The Morgan fingerprint density at radius 2 is 2.36 bits per heavy atom. The molecular formula is C14H20ClN5S2. The zero-order valence-corrected chi connectivity index (χ0v) is 14.9. The minimum Gasteiger partial charge on any atom is -0.401 e. The highest BCUT2D eigenvalue weighted by Gasteiger charge is 2.07. The number of nitrogens with one attached hydrogen (secondary N) is 1. The van der Waals surface area contributed by atoms with Crippen LogP contribution in [0.5, 0.6) is 0 Å². The van der Waals surface area contributed by atoms with E-state index in [1.807, 2.05) is 30.7 Å². The van der Waals surface area contributed by atoms with Crippen molar-refractivity contribution in [3.05, 3.63) is 44.7 Å². The van der Waals surface area contributed by atoms with Crippen molar-refractivity contribution in [1.82, 2.24) is 5.32 Å². The molecule has 0 aliphatic carbocycles. The summed E-state index contributed by atoms with van der Waals surface area (Å²) in [6.07, 6.45) is 9.61. The van der Waals surface area contributed by atoms with Gasteiger partial charge in [0.2, 0.25) is 0 Å². The maximum absolute atomic E-state index is 5.91. The van der Waals surface area contributed by atoms with Crippen molar-refractivity contribution in [1.29, 1.82) is 0 Å². The number of hydrogen-bond acceptors (Lipinski definition) is 6. The van der Waals surface area contributed by atoms with Gasteiger partial charge in [0.05, 0.1) is 16.9 Å². The molecule has 1 aliphatic heterocycles. The van der Waals surface area contributed by atoms with E-state index in [0.29, 0.717) is 23.2 Å². The highest BCUT2D eigenvalue weighted by molar-refractivity contribution is 8.03. The molecule has 0 saturated heterocycles. The molecule has 0 atom stereocenters. The van der Waals surface area contributed by atoms with Crippen molar-refractivity contribution in [2.24, 2.45) is 21.5 Å². The number of thioether (sulfide) groups is 2. The Kier molecular flexibility index (Phi) is 9.07. The molecule has 0 aromatic heterocycles. The van der Waals surface area contributed by atoms with Gasteiger partial charge in [-0.1, -0.05) is 11.6 Å². The quantitative estimate of drug-likeness (QED) is 0.214. The fourth-order valence-corrected chi connectivity index (χ4v) is 2.80. The minimum atomic E-state index is 0.448. The first-order valence-corrected chi connectivity index (χ1v) is 9.14. The standard InChI is InChI=1S/C14H20ClN5S2/c1-10(17)14(22-8-16)12(7-21-2)20-9-19-11-3-4-13(15)18-6-5-11/h4-7,9H,3,8,16-17H2,1-2H3,(H,19,20)/b12-7-,14-10-. The van der Waals surface area contributed by atoms with E-state index in [1.54, 1.807) is 24.3 Å². The SMILES string of the molecule is CS/C=C(N=CNC1=CC=NC(Cl)=CC1)/C(SCN)=C(\C)N. The smallest absolute Gasteiger partial charge is 0.125 e. The molecule has 0 bridgehead atoms. The molecule has 0 radical (unpaired) electrons. The number of allylic oxidation sites excluding steroid dienone is 3. The van der Waals surface area contributed by atoms with Crippen molar-refractivity contribution in [2.45, 2.75) is 13.3 Å². The highest BCUT2D eigenvalue weighted by Crippen LogP contribution is 2.27. The largest absolute Gasteiger partial charge is 0.401 e. The molecule has 0 saturated carbocycles. The molecule has 22 heavy (non-hydrogen) atoms. The summed E-state index contributed by atoms with van der Waals surface area (Å²) in [7, 11) is 0. The Balaban J connectivity index is 2.80. The van der Waals surface area contributed by atoms with Crippen LogP contribution in [0.2, 0.25) is 0 Å². The zero-order valence-electron chi connectivity index (χ0n) is 12.5. The van der Waals surface area contributed by atoms with Gasteiger partial charge in [0.1, 0.15) is 5.16 Å². The second-order valence-electron chi connectivity index (χ2n) is 4.17. The molecule has 8 heteroatoms. The molecule has 120 valence electrons. The van der Waals surface area contributed by atoms with Crippen LogP contribution in [0.25, 0.3) is 0 Å². The third kappa shape index (κ3) is 6.74. The van der Waals surface area contributed by atoms with E-state index < -0.39 is 0 Å². The molecular weight excluding hydrogens is 338 g/mol. The fraction of sp³-hybridized carbons (Fsp3) is 0.286. The van der Waals surface area contributed by atoms with E-state index in [2.05, 4.69) is 15.3 Å². The Labute approximate surface area is 144 Å². The maximum Gasteiger partial charge on any atom is 0.125 e. The van der Waals surface area contributed by atoms with E-state index >= 15 is 0 Å². The van der Waals surface area contributed by atoms with Gasteiger partial charge in [-0.2, -0.15) is 0 Å². The lowest BCUT2D eigenvalue weighted by molar-refractivity contribution is 1.06. The molecule has 1 aliphatic rings. The van der Waals surface area contributed by atoms with E-state index in [1.165, 1.54) is 11.8 Å². The molecule has 0 amide bonds. The van der Waals surface area contributed by atoms with Crippen LogP contribution in [0.4, 0.5) is 0 Å². The van der Waals surface area contributed by atoms with Crippen molar-refractivity contribution in [2.75, 3.05) is 12.1 Å². The average molecular weight is 358 g/mol. The summed E-state index contributed by atoms with van der Waals surface area (Å²) in [6, 6.07) is 0. The summed E-state index contributed by atoms with van der Waals surface area (Å²) in [5, 5.41) is 5.55. The Morgan fingerprint density at radius 1 is 1.59 bits per heavy atom. The summed E-state index contributed by atoms with van der Waals surface area (Å²) in [5.41, 5.74) is 14.0. The van der Waals surface area contributed by atoms with Gasteiger partial charge in [-0.05, 0) is 30.7 Å². The van der Waals surface area contributed by atoms with Gasteiger partial charge in [-0.3, -0.25) is 0 Å². The van der Waals surface area contributed by atoms with Crippen LogP contribution in [0, 0.1) is 0 Å². The van der Waals surface area contributed by atoms with Gasteiger partial charge in [0, 0.05) is 29.9 Å². The molecule has 0 aromatic carbocycles. The zero-order chi connectivity index (χ0) is 16.4. The van der Waals surface area contributed by atoms with Crippen molar-refractivity contribution < 1.29 is 0 Å². The number of aliphatic imine (C=N–C) groups is 2. The van der Waals surface area contributed by atoms with E-state index in [4.69, 9.17) is 23.1 Å². The Hall–Kier alpha value is -1.15. The molecule has 5 N–H and O–H groups in total. The first-order chi connectivity index (χ1) is 10.6. The van der Waals surface area contributed by atoms with Crippen LogP contribution < -0.4 is 16.8 Å². The van der Waals surface area contributed by atoms with Gasteiger partial charge in [0.25, 0.3) is 0 Å². The maximum atomic E-state index is 5.91. The third-order valence-corrected chi connectivity index (χ3v) is 4.16.